The molecule has 0 heterocycles. The molecule has 0 bridgehead atoms. The number of carbonyl (C=O) groups excluding carboxylic acids is 1. The zero-order valence-electron chi connectivity index (χ0n) is 18.7. The van der Waals surface area contributed by atoms with Gasteiger partial charge in [0.1, 0.15) is 5.75 Å². The Hall–Kier alpha value is -2.81. The molecule has 0 aliphatic carbocycles. The number of nitrogens with one attached hydrogen (secondary N) is 2. The minimum Gasteiger partial charge on any atom is -0.493 e. The number of amides is 1. The van der Waals surface area contributed by atoms with Crippen molar-refractivity contribution in [2.24, 2.45) is 0 Å². The van der Waals surface area contributed by atoms with Crippen LogP contribution in [0.5, 0.6) is 17.2 Å². The summed E-state index contributed by atoms with van der Waals surface area (Å²) in [7, 11) is 3.09. The average molecular weight is 564 g/mol. The molecule has 0 saturated heterocycles. The van der Waals surface area contributed by atoms with Crippen molar-refractivity contribution in [1.29, 1.82) is 0 Å². The smallest absolute Gasteiger partial charge is 0.261 e. The molecule has 9 heteroatoms. The van der Waals surface area contributed by atoms with Crippen molar-refractivity contribution >= 4 is 50.8 Å². The van der Waals surface area contributed by atoms with Gasteiger partial charge in [-0.15, -0.1) is 0 Å². The van der Waals surface area contributed by atoms with Crippen molar-refractivity contribution < 1.29 is 19.0 Å². The van der Waals surface area contributed by atoms with Gasteiger partial charge >= 0.3 is 0 Å². The molecule has 0 unspecified atom stereocenters. The summed E-state index contributed by atoms with van der Waals surface area (Å²) in [5.74, 6) is 1.17. The van der Waals surface area contributed by atoms with E-state index in [4.69, 9.17) is 38.0 Å². The standard InChI is InChI=1S/C25H24BrClN2O4S/c1-31-22-12-17(20(27)14-23(22)32-2)15-28-25(34)29-24(30)19-13-18(26)8-9-21(19)33-11-10-16-6-4-3-5-7-16/h3-9,12-14H,10-11,15H2,1-2H3,(H2,28,29,30,34). The van der Waals surface area contributed by atoms with E-state index in [1.54, 1.807) is 38.5 Å². The first-order chi connectivity index (χ1) is 16.4. The van der Waals surface area contributed by atoms with Gasteiger partial charge < -0.3 is 19.5 Å². The second-order valence-electron chi connectivity index (χ2n) is 7.16. The van der Waals surface area contributed by atoms with Gasteiger partial charge in [-0.1, -0.05) is 57.9 Å². The highest BCUT2D eigenvalue weighted by molar-refractivity contribution is 9.10. The molecular weight excluding hydrogens is 540 g/mol. The number of ether oxygens (including phenoxy) is 3. The highest BCUT2D eigenvalue weighted by Gasteiger charge is 2.16. The first-order valence-corrected chi connectivity index (χ1v) is 11.9. The molecule has 2 N–H and O–H groups in total. The van der Waals surface area contributed by atoms with E-state index < -0.39 is 0 Å². The lowest BCUT2D eigenvalue weighted by atomic mass is 10.1. The number of methoxy groups -OCH3 is 2. The fourth-order valence-corrected chi connectivity index (χ4v) is 3.90. The van der Waals surface area contributed by atoms with E-state index in [-0.39, 0.29) is 17.6 Å². The summed E-state index contributed by atoms with van der Waals surface area (Å²) in [6.45, 7) is 0.726. The third-order valence-corrected chi connectivity index (χ3v) is 5.99. The molecule has 0 aliphatic rings. The van der Waals surface area contributed by atoms with Crippen molar-refractivity contribution in [2.45, 2.75) is 13.0 Å². The molecule has 178 valence electrons. The normalized spacial score (nSPS) is 10.4. The summed E-state index contributed by atoms with van der Waals surface area (Å²) in [6.07, 6.45) is 0.726. The SMILES string of the molecule is COc1cc(Cl)c(CNC(=S)NC(=O)c2cc(Br)ccc2OCCc2ccccc2)cc1OC. The number of benzene rings is 3. The lowest BCUT2D eigenvalue weighted by molar-refractivity contribution is 0.0972. The maximum Gasteiger partial charge on any atom is 0.261 e. The monoisotopic (exact) mass is 562 g/mol. The summed E-state index contributed by atoms with van der Waals surface area (Å²) in [4.78, 5) is 12.9. The first-order valence-electron chi connectivity index (χ1n) is 10.4. The van der Waals surface area contributed by atoms with Gasteiger partial charge in [0.2, 0.25) is 0 Å². The van der Waals surface area contributed by atoms with Gasteiger partial charge in [0.15, 0.2) is 16.6 Å². The molecular formula is C25H24BrClN2O4S. The van der Waals surface area contributed by atoms with Gasteiger partial charge in [-0.05, 0) is 47.6 Å². The van der Waals surface area contributed by atoms with Gasteiger partial charge in [0, 0.05) is 28.5 Å². The van der Waals surface area contributed by atoms with Crippen molar-refractivity contribution in [3.8, 4) is 17.2 Å². The zero-order chi connectivity index (χ0) is 24.5. The Morgan fingerprint density at radius 1 is 1.00 bits per heavy atom. The lowest BCUT2D eigenvalue weighted by Crippen LogP contribution is -2.39. The van der Waals surface area contributed by atoms with Crippen LogP contribution in [0.15, 0.2) is 65.1 Å². The van der Waals surface area contributed by atoms with Crippen LogP contribution >= 0.6 is 39.7 Å². The van der Waals surface area contributed by atoms with E-state index in [1.165, 1.54) is 0 Å². The third-order valence-electron chi connectivity index (χ3n) is 4.90. The maximum absolute atomic E-state index is 12.9. The largest absolute Gasteiger partial charge is 0.493 e. The first kappa shape index (κ1) is 25.8. The number of rotatable bonds is 9. The molecule has 34 heavy (non-hydrogen) atoms. The van der Waals surface area contributed by atoms with Crippen LogP contribution in [0.3, 0.4) is 0 Å². The predicted octanol–water partition coefficient (Wildman–Crippen LogP) is 5.55. The van der Waals surface area contributed by atoms with E-state index in [0.29, 0.717) is 34.4 Å². The van der Waals surface area contributed by atoms with E-state index in [2.05, 4.69) is 26.6 Å². The van der Waals surface area contributed by atoms with Crippen LogP contribution in [0.2, 0.25) is 5.02 Å². The third kappa shape index (κ3) is 7.09. The molecule has 6 nitrogen and oxygen atoms in total. The van der Waals surface area contributed by atoms with Crippen LogP contribution in [0.1, 0.15) is 21.5 Å². The van der Waals surface area contributed by atoms with E-state index >= 15 is 0 Å². The van der Waals surface area contributed by atoms with Gasteiger partial charge in [-0.2, -0.15) is 0 Å². The second kappa shape index (κ2) is 12.6. The van der Waals surface area contributed by atoms with Crippen molar-refractivity contribution in [1.82, 2.24) is 10.6 Å². The Labute approximate surface area is 217 Å². The summed E-state index contributed by atoms with van der Waals surface area (Å²) >= 11 is 15.1. The lowest BCUT2D eigenvalue weighted by Gasteiger charge is -2.15. The minimum absolute atomic E-state index is 0.158. The molecule has 0 aliphatic heterocycles. The Bertz CT molecular complexity index is 1160. The summed E-state index contributed by atoms with van der Waals surface area (Å²) < 4.78 is 17.2. The Morgan fingerprint density at radius 2 is 1.71 bits per heavy atom. The molecule has 0 fully saturated rings. The van der Waals surface area contributed by atoms with Crippen LogP contribution < -0.4 is 24.8 Å². The summed E-state index contributed by atoms with van der Waals surface area (Å²) in [5.41, 5.74) is 2.27. The topological polar surface area (TPSA) is 68.8 Å². The molecule has 0 aromatic heterocycles. The predicted molar refractivity (Wildman–Crippen MR) is 141 cm³/mol. The van der Waals surface area contributed by atoms with Gasteiger partial charge in [0.05, 0.1) is 26.4 Å². The Morgan fingerprint density at radius 3 is 2.41 bits per heavy atom. The number of hydrogen-bond donors (Lipinski definition) is 2. The number of hydrogen-bond acceptors (Lipinski definition) is 5. The van der Waals surface area contributed by atoms with Gasteiger partial charge in [-0.25, -0.2) is 0 Å². The van der Waals surface area contributed by atoms with Gasteiger partial charge in [0.25, 0.3) is 5.91 Å². The van der Waals surface area contributed by atoms with E-state index in [1.807, 2.05) is 36.4 Å². The molecule has 3 aromatic carbocycles. The van der Waals surface area contributed by atoms with E-state index in [9.17, 15) is 4.79 Å². The van der Waals surface area contributed by atoms with Crippen LogP contribution in [0.4, 0.5) is 0 Å². The highest BCUT2D eigenvalue weighted by atomic mass is 79.9. The number of carbonyl (C=O) groups is 1. The zero-order valence-corrected chi connectivity index (χ0v) is 21.9. The average Bonchev–Trinajstić information content (AvgIpc) is 2.84. The molecule has 3 rings (SSSR count). The second-order valence-corrected chi connectivity index (χ2v) is 8.89. The van der Waals surface area contributed by atoms with Crippen molar-refractivity contribution in [2.75, 3.05) is 20.8 Å². The van der Waals surface area contributed by atoms with Crippen molar-refractivity contribution in [3.63, 3.8) is 0 Å². The Balaban J connectivity index is 1.61. The molecule has 1 amide bonds. The summed E-state index contributed by atoms with van der Waals surface area (Å²) in [6, 6.07) is 18.7. The van der Waals surface area contributed by atoms with Crippen LogP contribution in [0, 0.1) is 0 Å². The van der Waals surface area contributed by atoms with Crippen LogP contribution in [-0.4, -0.2) is 31.8 Å². The molecule has 0 saturated carbocycles. The van der Waals surface area contributed by atoms with Gasteiger partial charge in [-0.3, -0.25) is 10.1 Å². The van der Waals surface area contributed by atoms with Crippen LogP contribution in [0.25, 0.3) is 0 Å². The Kier molecular flexibility index (Phi) is 9.56. The number of thiocarbonyl (C=S) groups is 1. The minimum atomic E-state index is -0.382. The quantitative estimate of drug-likeness (QED) is 0.333. The van der Waals surface area contributed by atoms with Crippen molar-refractivity contribution in [3.05, 3.63) is 86.8 Å². The number of halogens is 2. The highest BCUT2D eigenvalue weighted by Crippen LogP contribution is 2.33. The summed E-state index contributed by atoms with van der Waals surface area (Å²) in [5, 5.41) is 6.33. The molecule has 3 aromatic rings. The maximum atomic E-state index is 12.9. The molecule has 0 spiro atoms. The fourth-order valence-electron chi connectivity index (χ4n) is 3.15. The molecule has 0 atom stereocenters. The van der Waals surface area contributed by atoms with E-state index in [0.717, 1.165) is 22.0 Å². The van der Waals surface area contributed by atoms with Crippen LogP contribution in [-0.2, 0) is 13.0 Å². The molecule has 0 radical (unpaired) electrons. The fraction of sp³-hybridized carbons (Fsp3) is 0.200.